The number of H-pyrrole nitrogens is 1. The fourth-order valence-corrected chi connectivity index (χ4v) is 4.40. The quantitative estimate of drug-likeness (QED) is 0.745. The number of benzene rings is 1. The van der Waals surface area contributed by atoms with Crippen molar-refractivity contribution in [3.8, 4) is 11.1 Å². The zero-order valence-electron chi connectivity index (χ0n) is 14.3. The van der Waals surface area contributed by atoms with E-state index in [4.69, 9.17) is 0 Å². The summed E-state index contributed by atoms with van der Waals surface area (Å²) in [6.45, 7) is 1.86. The third kappa shape index (κ3) is 3.77. The van der Waals surface area contributed by atoms with E-state index in [1.54, 1.807) is 19.0 Å². The van der Waals surface area contributed by atoms with E-state index in [1.807, 2.05) is 42.6 Å². The number of thioether (sulfide) groups is 1. The molecule has 0 bridgehead atoms. The topological polar surface area (TPSA) is 66.1 Å². The van der Waals surface area contributed by atoms with Crippen LogP contribution in [0.2, 0.25) is 0 Å². The van der Waals surface area contributed by atoms with Gasteiger partial charge in [0, 0.05) is 25.0 Å². The maximum atomic E-state index is 12.6. The predicted molar refractivity (Wildman–Crippen MR) is 105 cm³/mol. The van der Waals surface area contributed by atoms with Crippen LogP contribution in [0, 0.1) is 0 Å². The number of hydrogen-bond acceptors (Lipinski definition) is 5. The number of thiophene rings is 1. The second kappa shape index (κ2) is 7.41. The third-order valence-corrected chi connectivity index (χ3v) is 5.85. The average molecular weight is 374 g/mol. The van der Waals surface area contributed by atoms with Crippen LogP contribution in [-0.4, -0.2) is 40.1 Å². The SMILES string of the molecule is CC(SCc1nc2scc(-c3ccccc3)c2c(=O)[nH]1)C(=O)N(C)C. The average Bonchev–Trinajstić information content (AvgIpc) is 3.04. The zero-order chi connectivity index (χ0) is 18.0. The van der Waals surface area contributed by atoms with Gasteiger partial charge >= 0.3 is 0 Å². The van der Waals surface area contributed by atoms with E-state index in [-0.39, 0.29) is 16.7 Å². The number of nitrogens with one attached hydrogen (secondary N) is 1. The van der Waals surface area contributed by atoms with Gasteiger partial charge in [-0.15, -0.1) is 23.1 Å². The molecule has 1 aromatic carbocycles. The molecule has 0 aliphatic heterocycles. The van der Waals surface area contributed by atoms with Crippen molar-refractivity contribution in [1.82, 2.24) is 14.9 Å². The van der Waals surface area contributed by atoms with E-state index in [2.05, 4.69) is 9.97 Å². The highest BCUT2D eigenvalue weighted by Gasteiger charge is 2.17. The Kier molecular flexibility index (Phi) is 5.24. The van der Waals surface area contributed by atoms with E-state index in [1.165, 1.54) is 23.1 Å². The Labute approximate surface area is 154 Å². The first-order chi connectivity index (χ1) is 12.0. The summed E-state index contributed by atoms with van der Waals surface area (Å²) in [6.07, 6.45) is 0. The van der Waals surface area contributed by atoms with Crippen molar-refractivity contribution in [2.24, 2.45) is 0 Å². The van der Waals surface area contributed by atoms with Gasteiger partial charge in [0.2, 0.25) is 5.91 Å². The molecule has 1 N–H and O–H groups in total. The second-order valence-electron chi connectivity index (χ2n) is 5.89. The van der Waals surface area contributed by atoms with Gasteiger partial charge in [-0.3, -0.25) is 9.59 Å². The van der Waals surface area contributed by atoms with Crippen LogP contribution in [0.5, 0.6) is 0 Å². The fourth-order valence-electron chi connectivity index (χ4n) is 2.53. The first-order valence-electron chi connectivity index (χ1n) is 7.86. The van der Waals surface area contributed by atoms with Crippen molar-refractivity contribution >= 4 is 39.2 Å². The van der Waals surface area contributed by atoms with Crippen LogP contribution in [0.1, 0.15) is 12.7 Å². The van der Waals surface area contributed by atoms with E-state index in [0.717, 1.165) is 16.0 Å². The smallest absolute Gasteiger partial charge is 0.260 e. The Bertz CT molecular complexity index is 948. The molecule has 5 nitrogen and oxygen atoms in total. The van der Waals surface area contributed by atoms with Gasteiger partial charge in [0.1, 0.15) is 10.7 Å². The Morgan fingerprint density at radius 2 is 2.04 bits per heavy atom. The lowest BCUT2D eigenvalue weighted by Gasteiger charge is -2.15. The lowest BCUT2D eigenvalue weighted by atomic mass is 10.1. The van der Waals surface area contributed by atoms with Crippen molar-refractivity contribution in [1.29, 1.82) is 0 Å². The summed E-state index contributed by atoms with van der Waals surface area (Å²) in [6, 6.07) is 9.83. The van der Waals surface area contributed by atoms with Crippen molar-refractivity contribution in [2.45, 2.75) is 17.9 Å². The predicted octanol–water partition coefficient (Wildman–Crippen LogP) is 3.36. The van der Waals surface area contributed by atoms with Gasteiger partial charge in [-0.25, -0.2) is 4.98 Å². The van der Waals surface area contributed by atoms with Gasteiger partial charge in [-0.1, -0.05) is 30.3 Å². The van der Waals surface area contributed by atoms with Gasteiger partial charge in [0.25, 0.3) is 5.56 Å². The maximum absolute atomic E-state index is 12.6. The van der Waals surface area contributed by atoms with Crippen molar-refractivity contribution < 1.29 is 4.79 Å². The summed E-state index contributed by atoms with van der Waals surface area (Å²) in [5.41, 5.74) is 1.78. The number of carbonyl (C=O) groups is 1. The minimum absolute atomic E-state index is 0.0518. The summed E-state index contributed by atoms with van der Waals surface area (Å²) < 4.78 is 0. The molecule has 3 rings (SSSR count). The van der Waals surface area contributed by atoms with E-state index in [9.17, 15) is 9.59 Å². The van der Waals surface area contributed by atoms with Crippen LogP contribution in [0.15, 0.2) is 40.5 Å². The molecule has 0 radical (unpaired) electrons. The Morgan fingerprint density at radius 3 is 2.72 bits per heavy atom. The van der Waals surface area contributed by atoms with Crippen LogP contribution in [0.4, 0.5) is 0 Å². The van der Waals surface area contributed by atoms with Crippen molar-refractivity contribution in [3.63, 3.8) is 0 Å². The largest absolute Gasteiger partial charge is 0.348 e. The van der Waals surface area contributed by atoms with Gasteiger partial charge in [0.05, 0.1) is 16.4 Å². The molecule has 1 unspecified atom stereocenters. The lowest BCUT2D eigenvalue weighted by Crippen LogP contribution is -2.29. The highest BCUT2D eigenvalue weighted by atomic mass is 32.2. The number of aromatic amines is 1. The Balaban J connectivity index is 1.86. The number of hydrogen-bond donors (Lipinski definition) is 1. The van der Waals surface area contributed by atoms with Crippen molar-refractivity contribution in [2.75, 3.05) is 14.1 Å². The summed E-state index contributed by atoms with van der Waals surface area (Å²) in [5.74, 6) is 1.14. The van der Waals surface area contributed by atoms with E-state index >= 15 is 0 Å². The summed E-state index contributed by atoms with van der Waals surface area (Å²) >= 11 is 2.93. The van der Waals surface area contributed by atoms with Crippen LogP contribution in [0.25, 0.3) is 21.3 Å². The molecule has 130 valence electrons. The number of nitrogens with zero attached hydrogens (tertiary/aromatic N) is 2. The molecule has 0 saturated heterocycles. The van der Waals surface area contributed by atoms with Gasteiger partial charge in [0.15, 0.2) is 0 Å². The molecular weight excluding hydrogens is 354 g/mol. The van der Waals surface area contributed by atoms with Crippen LogP contribution >= 0.6 is 23.1 Å². The first-order valence-corrected chi connectivity index (χ1v) is 9.79. The molecule has 0 aliphatic carbocycles. The third-order valence-electron chi connectivity index (χ3n) is 3.84. The molecule has 1 atom stereocenters. The van der Waals surface area contributed by atoms with Gasteiger partial charge < -0.3 is 9.88 Å². The number of aromatic nitrogens is 2. The number of rotatable bonds is 5. The van der Waals surface area contributed by atoms with Crippen LogP contribution in [-0.2, 0) is 10.5 Å². The maximum Gasteiger partial charge on any atom is 0.260 e. The number of amides is 1. The van der Waals surface area contributed by atoms with Crippen LogP contribution < -0.4 is 5.56 Å². The van der Waals surface area contributed by atoms with E-state index in [0.29, 0.717) is 17.0 Å². The second-order valence-corrected chi connectivity index (χ2v) is 8.08. The molecule has 2 heterocycles. The standard InChI is InChI=1S/C18H19N3O2S2/c1-11(18(23)21(2)3)24-10-14-19-16(22)15-13(9-25-17(15)20-14)12-7-5-4-6-8-12/h4-9,11H,10H2,1-3H3,(H,19,20,22). The zero-order valence-corrected chi connectivity index (χ0v) is 15.9. The summed E-state index contributed by atoms with van der Waals surface area (Å²) in [7, 11) is 3.48. The highest BCUT2D eigenvalue weighted by Crippen LogP contribution is 2.30. The summed E-state index contributed by atoms with van der Waals surface area (Å²) in [4.78, 5) is 34.2. The molecule has 1 amide bonds. The van der Waals surface area contributed by atoms with Crippen molar-refractivity contribution in [3.05, 3.63) is 51.9 Å². The molecule has 0 aliphatic rings. The van der Waals surface area contributed by atoms with Gasteiger partial charge in [-0.2, -0.15) is 0 Å². The number of carbonyl (C=O) groups excluding carboxylic acids is 1. The molecule has 0 spiro atoms. The molecule has 25 heavy (non-hydrogen) atoms. The van der Waals surface area contributed by atoms with Crippen LogP contribution in [0.3, 0.4) is 0 Å². The van der Waals surface area contributed by atoms with Gasteiger partial charge in [-0.05, 0) is 12.5 Å². The molecule has 7 heteroatoms. The van der Waals surface area contributed by atoms with E-state index < -0.39 is 0 Å². The first kappa shape index (κ1) is 17.7. The number of fused-ring (bicyclic) bond motifs is 1. The molecular formula is C18H19N3O2S2. The highest BCUT2D eigenvalue weighted by molar-refractivity contribution is 7.99. The fraction of sp³-hybridized carbons (Fsp3) is 0.278. The monoisotopic (exact) mass is 373 g/mol. The lowest BCUT2D eigenvalue weighted by molar-refractivity contribution is -0.127. The Hall–Kier alpha value is -2.12. The molecule has 2 aromatic heterocycles. The minimum Gasteiger partial charge on any atom is -0.348 e. The molecule has 0 fully saturated rings. The summed E-state index contributed by atoms with van der Waals surface area (Å²) in [5, 5.41) is 2.42. The molecule has 3 aromatic rings. The normalized spacial score (nSPS) is 12.3. The minimum atomic E-state index is -0.181. The Morgan fingerprint density at radius 1 is 1.32 bits per heavy atom. The molecule has 0 saturated carbocycles.